The molecule has 0 saturated carbocycles. The fourth-order valence-electron chi connectivity index (χ4n) is 7.90. The van der Waals surface area contributed by atoms with Gasteiger partial charge in [-0.2, -0.15) is 5.10 Å². The molecule has 0 aliphatic rings. The van der Waals surface area contributed by atoms with Crippen LogP contribution in [0.5, 0.6) is 0 Å². The van der Waals surface area contributed by atoms with Gasteiger partial charge in [0.1, 0.15) is 11.2 Å². The lowest BCUT2D eigenvalue weighted by Crippen LogP contribution is -2.01. The lowest BCUT2D eigenvalue weighted by molar-refractivity contribution is 0.669. The Kier molecular flexibility index (Phi) is 7.38. The minimum atomic E-state index is 0.598. The van der Waals surface area contributed by atoms with E-state index in [4.69, 9.17) is 24.5 Å². The van der Waals surface area contributed by atoms with Crippen LogP contribution in [-0.4, -0.2) is 24.6 Å². The maximum Gasteiger partial charge on any atom is 0.164 e. The molecule has 11 rings (SSSR count). The summed E-state index contributed by atoms with van der Waals surface area (Å²) in [4.78, 5) is 15.1. The maximum absolute atomic E-state index is 6.13. The van der Waals surface area contributed by atoms with Crippen molar-refractivity contribution in [1.82, 2.24) is 24.6 Å². The Hall–Kier alpha value is -7.70. The molecule has 0 N–H and O–H groups in total. The second-order valence-corrected chi connectivity index (χ2v) is 13.9. The molecule has 4 heterocycles. The van der Waals surface area contributed by atoms with Crippen LogP contribution in [0.25, 0.3) is 106 Å². The first-order chi connectivity index (χ1) is 27.8. The van der Waals surface area contributed by atoms with Gasteiger partial charge in [-0.3, -0.25) is 0 Å². The van der Waals surface area contributed by atoms with Crippen molar-refractivity contribution in [3.05, 3.63) is 188 Å². The Labute approximate surface area is 322 Å². The summed E-state index contributed by atoms with van der Waals surface area (Å²) >= 11 is 0. The molecule has 0 saturated heterocycles. The molecule has 0 fully saturated rings. The zero-order valence-electron chi connectivity index (χ0n) is 30.0. The molecular weight excluding hydrogens is 687 g/mol. The number of pyridine rings is 1. The van der Waals surface area contributed by atoms with Gasteiger partial charge in [0.2, 0.25) is 0 Å². The van der Waals surface area contributed by atoms with Gasteiger partial charge < -0.3 is 4.42 Å². The summed E-state index contributed by atoms with van der Waals surface area (Å²) in [5.41, 5.74) is 12.0. The van der Waals surface area contributed by atoms with Crippen LogP contribution < -0.4 is 0 Å². The molecule has 0 spiro atoms. The van der Waals surface area contributed by atoms with Gasteiger partial charge in [0.05, 0.1) is 17.4 Å². The summed E-state index contributed by atoms with van der Waals surface area (Å²) in [6, 6.07) is 62.6. The van der Waals surface area contributed by atoms with E-state index in [2.05, 4.69) is 120 Å². The normalized spacial score (nSPS) is 11.6. The molecule has 0 atom stereocenters. The molecule has 0 bridgehead atoms. The zero-order chi connectivity index (χ0) is 37.0. The van der Waals surface area contributed by atoms with Gasteiger partial charge in [0.25, 0.3) is 0 Å². The largest absolute Gasteiger partial charge is 0.456 e. The zero-order valence-corrected chi connectivity index (χ0v) is 30.0. The van der Waals surface area contributed by atoms with Crippen molar-refractivity contribution in [2.24, 2.45) is 0 Å². The van der Waals surface area contributed by atoms with Crippen molar-refractivity contribution in [1.29, 1.82) is 0 Å². The summed E-state index contributed by atoms with van der Waals surface area (Å²) in [5, 5.41) is 9.44. The van der Waals surface area contributed by atoms with E-state index in [1.807, 2.05) is 72.9 Å². The summed E-state index contributed by atoms with van der Waals surface area (Å²) in [5.74, 6) is 1.81. The minimum Gasteiger partial charge on any atom is -0.456 e. The predicted octanol–water partition coefficient (Wildman–Crippen LogP) is 12.6. The highest BCUT2D eigenvalue weighted by molar-refractivity contribution is 6.13. The monoisotopic (exact) mass is 717 g/mol. The van der Waals surface area contributed by atoms with Crippen LogP contribution in [0, 0.1) is 0 Å². The molecule has 0 amide bonds. The van der Waals surface area contributed by atoms with Crippen LogP contribution >= 0.6 is 0 Å². The van der Waals surface area contributed by atoms with E-state index in [1.54, 1.807) is 0 Å². The number of nitrogens with zero attached hydrogens (tertiary/aromatic N) is 5. The number of furan rings is 1. The minimum absolute atomic E-state index is 0.598. The highest BCUT2D eigenvalue weighted by atomic mass is 16.3. The van der Waals surface area contributed by atoms with Crippen molar-refractivity contribution in [3.8, 4) is 67.7 Å². The molecule has 262 valence electrons. The molecule has 0 unspecified atom stereocenters. The average molecular weight is 718 g/mol. The SMILES string of the molecule is c1ccc(-c2nc(-c3ccc(-c4c(-c5ccccc5)n5ncc(-c6ccccc6)c5c5ccccc45)cc3)nc(-c3ccc4oc5ccccc5c4c3)n2)cc1. The van der Waals surface area contributed by atoms with Crippen molar-refractivity contribution < 1.29 is 4.42 Å². The van der Waals surface area contributed by atoms with E-state index in [0.717, 1.165) is 88.4 Å². The molecule has 11 aromatic rings. The Morgan fingerprint density at radius 1 is 0.375 bits per heavy atom. The van der Waals surface area contributed by atoms with E-state index in [0.29, 0.717) is 17.5 Å². The standard InChI is InChI=1S/C50H31N5O/c1-4-14-32(15-5-1)42-31-51-55-46(34-16-6-2-7-17-34)45(39-21-10-11-22-40(39)47(42)55)33-24-26-36(27-25-33)49-52-48(35-18-8-3-9-19-35)53-50(54-49)37-28-29-44-41(30-37)38-20-12-13-23-43(38)56-44/h1-31H. The third kappa shape index (κ3) is 5.27. The van der Waals surface area contributed by atoms with Crippen LogP contribution in [0.2, 0.25) is 0 Å². The lowest BCUT2D eigenvalue weighted by Gasteiger charge is -2.18. The van der Waals surface area contributed by atoms with Crippen molar-refractivity contribution >= 4 is 38.2 Å². The highest BCUT2D eigenvalue weighted by Crippen LogP contribution is 2.43. The van der Waals surface area contributed by atoms with E-state index >= 15 is 0 Å². The van der Waals surface area contributed by atoms with Gasteiger partial charge in [-0.1, -0.05) is 158 Å². The summed E-state index contributed by atoms with van der Waals surface area (Å²) < 4.78 is 8.25. The predicted molar refractivity (Wildman–Crippen MR) is 226 cm³/mol. The summed E-state index contributed by atoms with van der Waals surface area (Å²) in [6.07, 6.45) is 1.99. The molecule has 0 aliphatic heterocycles. The van der Waals surface area contributed by atoms with Crippen LogP contribution in [-0.2, 0) is 0 Å². The van der Waals surface area contributed by atoms with Crippen molar-refractivity contribution in [3.63, 3.8) is 0 Å². The number of para-hydroxylation sites is 1. The van der Waals surface area contributed by atoms with E-state index in [9.17, 15) is 0 Å². The second kappa shape index (κ2) is 13.0. The Morgan fingerprint density at radius 3 is 1.57 bits per heavy atom. The number of fused-ring (bicyclic) bond motifs is 6. The molecule has 7 aromatic carbocycles. The molecular formula is C50H31N5O. The smallest absolute Gasteiger partial charge is 0.164 e. The fraction of sp³-hybridized carbons (Fsp3) is 0. The first-order valence-electron chi connectivity index (χ1n) is 18.6. The molecule has 6 nitrogen and oxygen atoms in total. The third-order valence-electron chi connectivity index (χ3n) is 10.5. The number of hydrogen-bond donors (Lipinski definition) is 0. The van der Waals surface area contributed by atoms with Crippen LogP contribution in [0.15, 0.2) is 193 Å². The van der Waals surface area contributed by atoms with Crippen LogP contribution in [0.4, 0.5) is 0 Å². The lowest BCUT2D eigenvalue weighted by atomic mass is 9.92. The quantitative estimate of drug-likeness (QED) is 0.171. The van der Waals surface area contributed by atoms with Crippen LogP contribution in [0.1, 0.15) is 0 Å². The first-order valence-corrected chi connectivity index (χ1v) is 18.6. The molecule has 0 radical (unpaired) electrons. The fourth-order valence-corrected chi connectivity index (χ4v) is 7.90. The van der Waals surface area contributed by atoms with Gasteiger partial charge in [-0.05, 0) is 40.8 Å². The van der Waals surface area contributed by atoms with E-state index in [-0.39, 0.29) is 0 Å². The average Bonchev–Trinajstić information content (AvgIpc) is 3.89. The van der Waals surface area contributed by atoms with Crippen LogP contribution in [0.3, 0.4) is 0 Å². The molecule has 4 aromatic heterocycles. The van der Waals surface area contributed by atoms with Crippen molar-refractivity contribution in [2.75, 3.05) is 0 Å². The second-order valence-electron chi connectivity index (χ2n) is 13.9. The number of aromatic nitrogens is 5. The van der Waals surface area contributed by atoms with Gasteiger partial charge in [0, 0.05) is 49.5 Å². The number of rotatable bonds is 6. The topological polar surface area (TPSA) is 69.1 Å². The summed E-state index contributed by atoms with van der Waals surface area (Å²) in [7, 11) is 0. The van der Waals surface area contributed by atoms with Gasteiger partial charge in [-0.15, -0.1) is 0 Å². The Morgan fingerprint density at radius 2 is 0.875 bits per heavy atom. The van der Waals surface area contributed by atoms with E-state index < -0.39 is 0 Å². The van der Waals surface area contributed by atoms with Gasteiger partial charge >= 0.3 is 0 Å². The summed E-state index contributed by atoms with van der Waals surface area (Å²) in [6.45, 7) is 0. The molecule has 56 heavy (non-hydrogen) atoms. The highest BCUT2D eigenvalue weighted by Gasteiger charge is 2.22. The number of benzene rings is 7. The maximum atomic E-state index is 6.13. The molecule has 0 aliphatic carbocycles. The Balaban J connectivity index is 1.09. The molecule has 6 heteroatoms. The Bertz CT molecular complexity index is 3230. The van der Waals surface area contributed by atoms with Gasteiger partial charge in [-0.25, -0.2) is 19.5 Å². The third-order valence-corrected chi connectivity index (χ3v) is 10.5. The first kappa shape index (κ1) is 31.8. The number of hydrogen-bond acceptors (Lipinski definition) is 5. The van der Waals surface area contributed by atoms with E-state index in [1.165, 1.54) is 0 Å². The van der Waals surface area contributed by atoms with Crippen molar-refractivity contribution in [2.45, 2.75) is 0 Å². The van der Waals surface area contributed by atoms with Gasteiger partial charge in [0.15, 0.2) is 17.5 Å².